The molecule has 1 heterocycles. The Morgan fingerprint density at radius 3 is 2.47 bits per heavy atom. The van der Waals surface area contributed by atoms with Crippen molar-refractivity contribution in [3.63, 3.8) is 0 Å². The summed E-state index contributed by atoms with van der Waals surface area (Å²) in [6, 6.07) is 9.51. The molecule has 102 valence electrons. The summed E-state index contributed by atoms with van der Waals surface area (Å²) in [5, 5.41) is 4.28. The van der Waals surface area contributed by atoms with Crippen LogP contribution >= 0.6 is 0 Å². The number of nitrogens with zero attached hydrogens (tertiary/aromatic N) is 2. The maximum absolute atomic E-state index is 5.73. The second-order valence-electron chi connectivity index (χ2n) is 4.16. The van der Waals surface area contributed by atoms with Crippen LogP contribution in [0.3, 0.4) is 0 Å². The van der Waals surface area contributed by atoms with E-state index in [2.05, 4.69) is 5.10 Å². The van der Waals surface area contributed by atoms with Crippen LogP contribution in [0.25, 0.3) is 0 Å². The average Bonchev–Trinajstić information content (AvgIpc) is 2.71. The van der Waals surface area contributed by atoms with Crippen LogP contribution in [0.5, 0.6) is 11.5 Å². The molecule has 0 aliphatic carbocycles. The van der Waals surface area contributed by atoms with Gasteiger partial charge in [0.1, 0.15) is 5.82 Å². The monoisotopic (exact) mass is 261 g/mol. The van der Waals surface area contributed by atoms with E-state index in [-0.39, 0.29) is 0 Å². The summed E-state index contributed by atoms with van der Waals surface area (Å²) in [6.07, 6.45) is 0.714. The van der Waals surface area contributed by atoms with Gasteiger partial charge in [-0.1, -0.05) is 12.1 Å². The van der Waals surface area contributed by atoms with Crippen LogP contribution in [-0.4, -0.2) is 23.0 Å². The minimum atomic E-state index is 0.542. The topological polar surface area (TPSA) is 62.3 Å². The molecule has 0 amide bonds. The number of para-hydroxylation sites is 2. The highest BCUT2D eigenvalue weighted by molar-refractivity contribution is 5.39. The minimum Gasteiger partial charge on any atom is -0.490 e. The molecule has 0 atom stereocenters. The first-order chi connectivity index (χ1) is 9.20. The van der Waals surface area contributed by atoms with Crippen molar-refractivity contribution >= 4 is 5.82 Å². The molecule has 2 N–H and O–H groups in total. The fourth-order valence-electron chi connectivity index (χ4n) is 1.78. The lowest BCUT2D eigenvalue weighted by Gasteiger charge is -2.10. The Balaban J connectivity index is 1.92. The number of hydrogen-bond donors (Lipinski definition) is 1. The molecular weight excluding hydrogens is 242 g/mol. The zero-order valence-electron chi connectivity index (χ0n) is 11.3. The summed E-state index contributed by atoms with van der Waals surface area (Å²) in [4.78, 5) is 0. The molecule has 0 spiro atoms. The molecule has 0 aliphatic rings. The Bertz CT molecular complexity index is 518. The minimum absolute atomic E-state index is 0.542. The number of aromatic nitrogens is 2. The quantitative estimate of drug-likeness (QED) is 0.864. The lowest BCUT2D eigenvalue weighted by molar-refractivity contribution is 0.278. The highest BCUT2D eigenvalue weighted by atomic mass is 16.5. The number of hydrogen-bond acceptors (Lipinski definition) is 4. The lowest BCUT2D eigenvalue weighted by atomic mass is 10.3. The maximum atomic E-state index is 5.73. The number of nitrogens with two attached hydrogens (primary N) is 1. The normalized spacial score (nSPS) is 10.4. The van der Waals surface area contributed by atoms with Gasteiger partial charge in [0.2, 0.25) is 0 Å². The molecule has 2 aromatic rings. The Morgan fingerprint density at radius 2 is 1.89 bits per heavy atom. The highest BCUT2D eigenvalue weighted by Crippen LogP contribution is 2.26. The fourth-order valence-corrected chi connectivity index (χ4v) is 1.78. The molecule has 5 nitrogen and oxygen atoms in total. The molecule has 0 bridgehead atoms. The van der Waals surface area contributed by atoms with Gasteiger partial charge in [-0.25, -0.2) is 0 Å². The first-order valence-electron chi connectivity index (χ1n) is 6.33. The Labute approximate surface area is 112 Å². The first kappa shape index (κ1) is 13.3. The number of rotatable bonds is 6. The molecule has 1 aromatic carbocycles. The van der Waals surface area contributed by atoms with Crippen LogP contribution in [0.4, 0.5) is 5.82 Å². The van der Waals surface area contributed by atoms with Gasteiger partial charge in [-0.3, -0.25) is 4.68 Å². The second kappa shape index (κ2) is 6.13. The third-order valence-corrected chi connectivity index (χ3v) is 2.73. The van der Waals surface area contributed by atoms with Crippen molar-refractivity contribution in [2.75, 3.05) is 18.9 Å². The average molecular weight is 261 g/mol. The standard InChI is InChI=1S/C14H19N3O2/c1-3-18-12-6-4-5-7-13(12)19-9-8-11-10-14(15)17(2)16-11/h4-7,10H,3,8-9,15H2,1-2H3. The van der Waals surface area contributed by atoms with Gasteiger partial charge in [-0.05, 0) is 19.1 Å². The van der Waals surface area contributed by atoms with Crippen molar-refractivity contribution in [2.45, 2.75) is 13.3 Å². The van der Waals surface area contributed by atoms with E-state index in [1.54, 1.807) is 4.68 Å². The Hall–Kier alpha value is -2.17. The van der Waals surface area contributed by atoms with E-state index in [1.165, 1.54) is 0 Å². The molecule has 1 aromatic heterocycles. The van der Waals surface area contributed by atoms with E-state index in [4.69, 9.17) is 15.2 Å². The van der Waals surface area contributed by atoms with Crippen molar-refractivity contribution in [1.82, 2.24) is 9.78 Å². The van der Waals surface area contributed by atoms with Crippen molar-refractivity contribution < 1.29 is 9.47 Å². The van der Waals surface area contributed by atoms with Crippen LogP contribution < -0.4 is 15.2 Å². The number of nitrogen functional groups attached to an aromatic ring is 1. The third kappa shape index (κ3) is 3.40. The summed E-state index contributed by atoms with van der Waals surface area (Å²) in [7, 11) is 1.82. The highest BCUT2D eigenvalue weighted by Gasteiger charge is 2.05. The van der Waals surface area contributed by atoms with Gasteiger partial charge in [0, 0.05) is 19.5 Å². The molecule has 2 rings (SSSR count). The number of anilines is 1. The molecular formula is C14H19N3O2. The predicted octanol–water partition coefficient (Wildman–Crippen LogP) is 2.02. The van der Waals surface area contributed by atoms with Gasteiger partial charge >= 0.3 is 0 Å². The summed E-state index contributed by atoms with van der Waals surface area (Å²) in [5.41, 5.74) is 6.65. The fraction of sp³-hybridized carbons (Fsp3) is 0.357. The Kier molecular flexibility index (Phi) is 4.28. The van der Waals surface area contributed by atoms with E-state index < -0.39 is 0 Å². The molecule has 5 heteroatoms. The summed E-state index contributed by atoms with van der Waals surface area (Å²) < 4.78 is 12.9. The predicted molar refractivity (Wildman–Crippen MR) is 74.4 cm³/mol. The molecule has 0 unspecified atom stereocenters. The van der Waals surface area contributed by atoms with E-state index >= 15 is 0 Å². The van der Waals surface area contributed by atoms with Crippen LogP contribution in [0, 0.1) is 0 Å². The Morgan fingerprint density at radius 1 is 1.21 bits per heavy atom. The van der Waals surface area contributed by atoms with Gasteiger partial charge < -0.3 is 15.2 Å². The van der Waals surface area contributed by atoms with E-state index in [1.807, 2.05) is 44.3 Å². The third-order valence-electron chi connectivity index (χ3n) is 2.73. The van der Waals surface area contributed by atoms with Gasteiger partial charge in [0.05, 0.1) is 18.9 Å². The smallest absolute Gasteiger partial charge is 0.161 e. The molecule has 19 heavy (non-hydrogen) atoms. The molecule has 0 aliphatic heterocycles. The van der Waals surface area contributed by atoms with Crippen molar-refractivity contribution in [3.8, 4) is 11.5 Å². The van der Waals surface area contributed by atoms with Crippen LogP contribution in [0.2, 0.25) is 0 Å². The largest absolute Gasteiger partial charge is 0.490 e. The maximum Gasteiger partial charge on any atom is 0.161 e. The van der Waals surface area contributed by atoms with E-state index in [0.29, 0.717) is 25.5 Å². The van der Waals surface area contributed by atoms with E-state index in [0.717, 1.165) is 17.2 Å². The van der Waals surface area contributed by atoms with Crippen molar-refractivity contribution in [2.24, 2.45) is 7.05 Å². The van der Waals surface area contributed by atoms with E-state index in [9.17, 15) is 0 Å². The summed E-state index contributed by atoms with van der Waals surface area (Å²) in [5.74, 6) is 2.18. The zero-order valence-corrected chi connectivity index (χ0v) is 11.3. The second-order valence-corrected chi connectivity index (χ2v) is 4.16. The van der Waals surface area contributed by atoms with Gasteiger partial charge in [-0.15, -0.1) is 0 Å². The van der Waals surface area contributed by atoms with Crippen LogP contribution in [0.1, 0.15) is 12.6 Å². The summed E-state index contributed by atoms with van der Waals surface area (Å²) >= 11 is 0. The van der Waals surface area contributed by atoms with Crippen molar-refractivity contribution in [1.29, 1.82) is 0 Å². The van der Waals surface area contributed by atoms with Crippen LogP contribution in [0.15, 0.2) is 30.3 Å². The molecule has 0 saturated carbocycles. The van der Waals surface area contributed by atoms with Gasteiger partial charge in [0.25, 0.3) is 0 Å². The van der Waals surface area contributed by atoms with Gasteiger partial charge in [-0.2, -0.15) is 5.10 Å². The zero-order chi connectivity index (χ0) is 13.7. The number of benzene rings is 1. The number of aryl methyl sites for hydroxylation is 1. The molecule has 0 fully saturated rings. The summed E-state index contributed by atoms with van der Waals surface area (Å²) in [6.45, 7) is 3.12. The van der Waals surface area contributed by atoms with Crippen LogP contribution in [-0.2, 0) is 13.5 Å². The van der Waals surface area contributed by atoms with Gasteiger partial charge in [0.15, 0.2) is 11.5 Å². The molecule has 0 radical (unpaired) electrons. The SMILES string of the molecule is CCOc1ccccc1OCCc1cc(N)n(C)n1. The first-order valence-corrected chi connectivity index (χ1v) is 6.33. The van der Waals surface area contributed by atoms with Crippen molar-refractivity contribution in [3.05, 3.63) is 36.0 Å². The molecule has 0 saturated heterocycles. The number of ether oxygens (including phenoxy) is 2. The lowest BCUT2D eigenvalue weighted by Crippen LogP contribution is -2.04.